The molecular formula is C22H22N2O3S. The first-order valence-corrected chi connectivity index (χ1v) is 10.6. The van der Waals surface area contributed by atoms with Crippen molar-refractivity contribution in [1.29, 1.82) is 0 Å². The molecule has 0 unspecified atom stereocenters. The SMILES string of the molecule is C#CCN(CC#C)C(=O)C1CCN(S(=O)(=O)c2ccc3ccccc3c2)CC1. The van der Waals surface area contributed by atoms with Gasteiger partial charge in [0.1, 0.15) is 0 Å². The number of rotatable bonds is 5. The van der Waals surface area contributed by atoms with Gasteiger partial charge in [0.15, 0.2) is 0 Å². The van der Waals surface area contributed by atoms with Crippen molar-refractivity contribution in [3.05, 3.63) is 42.5 Å². The van der Waals surface area contributed by atoms with Crippen molar-refractivity contribution < 1.29 is 13.2 Å². The third-order valence-electron chi connectivity index (χ3n) is 5.04. The molecule has 0 saturated carbocycles. The van der Waals surface area contributed by atoms with Crippen LogP contribution in [0, 0.1) is 30.6 Å². The highest BCUT2D eigenvalue weighted by Crippen LogP contribution is 2.27. The van der Waals surface area contributed by atoms with E-state index in [2.05, 4.69) is 11.8 Å². The normalized spacial score (nSPS) is 15.6. The quantitative estimate of drug-likeness (QED) is 0.732. The molecule has 0 atom stereocenters. The zero-order valence-corrected chi connectivity index (χ0v) is 16.4. The smallest absolute Gasteiger partial charge is 0.243 e. The van der Waals surface area contributed by atoms with E-state index in [1.807, 2.05) is 30.3 Å². The molecular weight excluding hydrogens is 372 g/mol. The van der Waals surface area contributed by atoms with Crippen LogP contribution in [0.3, 0.4) is 0 Å². The molecule has 1 saturated heterocycles. The number of terminal acetylenes is 2. The first-order chi connectivity index (χ1) is 13.5. The Kier molecular flexibility index (Phi) is 6.04. The van der Waals surface area contributed by atoms with Crippen molar-refractivity contribution in [2.45, 2.75) is 17.7 Å². The molecule has 0 N–H and O–H groups in total. The predicted octanol–water partition coefficient (Wildman–Crippen LogP) is 2.34. The molecule has 0 radical (unpaired) electrons. The van der Waals surface area contributed by atoms with Crippen LogP contribution in [-0.4, -0.2) is 49.7 Å². The Morgan fingerprint density at radius 1 is 1.04 bits per heavy atom. The summed E-state index contributed by atoms with van der Waals surface area (Å²) in [5.41, 5.74) is 0. The van der Waals surface area contributed by atoms with Gasteiger partial charge in [-0.1, -0.05) is 42.2 Å². The third kappa shape index (κ3) is 4.04. The van der Waals surface area contributed by atoms with Gasteiger partial charge in [-0.3, -0.25) is 4.79 Å². The topological polar surface area (TPSA) is 57.7 Å². The van der Waals surface area contributed by atoms with E-state index in [-0.39, 0.29) is 29.8 Å². The van der Waals surface area contributed by atoms with Crippen LogP contribution in [0.1, 0.15) is 12.8 Å². The number of nitrogens with zero attached hydrogens (tertiary/aromatic N) is 2. The van der Waals surface area contributed by atoms with Gasteiger partial charge in [-0.05, 0) is 35.7 Å². The lowest BCUT2D eigenvalue weighted by Crippen LogP contribution is -2.44. The number of hydrogen-bond acceptors (Lipinski definition) is 3. The second-order valence-electron chi connectivity index (χ2n) is 6.79. The van der Waals surface area contributed by atoms with Gasteiger partial charge >= 0.3 is 0 Å². The van der Waals surface area contributed by atoms with Crippen molar-refractivity contribution in [2.75, 3.05) is 26.2 Å². The summed E-state index contributed by atoms with van der Waals surface area (Å²) in [7, 11) is -3.60. The summed E-state index contributed by atoms with van der Waals surface area (Å²) in [5, 5.41) is 1.88. The molecule has 28 heavy (non-hydrogen) atoms. The predicted molar refractivity (Wildman–Crippen MR) is 110 cm³/mol. The summed E-state index contributed by atoms with van der Waals surface area (Å²) < 4.78 is 27.5. The minimum Gasteiger partial charge on any atom is -0.320 e. The minimum atomic E-state index is -3.60. The van der Waals surface area contributed by atoms with E-state index in [1.165, 1.54) is 9.21 Å². The van der Waals surface area contributed by atoms with E-state index in [0.717, 1.165) is 10.8 Å². The highest BCUT2D eigenvalue weighted by atomic mass is 32.2. The largest absolute Gasteiger partial charge is 0.320 e. The second-order valence-corrected chi connectivity index (χ2v) is 8.73. The van der Waals surface area contributed by atoms with Gasteiger partial charge in [-0.25, -0.2) is 8.42 Å². The number of sulfonamides is 1. The molecule has 0 bridgehead atoms. The van der Waals surface area contributed by atoms with Crippen LogP contribution >= 0.6 is 0 Å². The maximum Gasteiger partial charge on any atom is 0.243 e. The zero-order chi connectivity index (χ0) is 20.1. The number of carbonyl (C=O) groups is 1. The Labute approximate surface area is 166 Å². The van der Waals surface area contributed by atoms with Crippen molar-refractivity contribution in [2.24, 2.45) is 5.92 Å². The van der Waals surface area contributed by atoms with Crippen LogP contribution in [0.25, 0.3) is 10.8 Å². The minimum absolute atomic E-state index is 0.0985. The molecule has 1 fully saturated rings. The molecule has 144 valence electrons. The Morgan fingerprint density at radius 2 is 1.64 bits per heavy atom. The summed E-state index contributed by atoms with van der Waals surface area (Å²) in [4.78, 5) is 14.4. The van der Waals surface area contributed by atoms with Crippen molar-refractivity contribution in [3.63, 3.8) is 0 Å². The highest BCUT2D eigenvalue weighted by Gasteiger charge is 2.33. The fourth-order valence-corrected chi connectivity index (χ4v) is 5.02. The van der Waals surface area contributed by atoms with Crippen molar-refractivity contribution in [1.82, 2.24) is 9.21 Å². The van der Waals surface area contributed by atoms with Crippen LogP contribution in [0.5, 0.6) is 0 Å². The average Bonchev–Trinajstić information content (AvgIpc) is 2.73. The van der Waals surface area contributed by atoms with E-state index < -0.39 is 10.0 Å². The molecule has 0 aliphatic carbocycles. The van der Waals surface area contributed by atoms with Gasteiger partial charge in [0.2, 0.25) is 15.9 Å². The fraction of sp³-hybridized carbons (Fsp3) is 0.318. The molecule has 1 amide bonds. The number of carbonyl (C=O) groups excluding carboxylic acids is 1. The molecule has 3 rings (SSSR count). The van der Waals surface area contributed by atoms with Gasteiger partial charge in [0.25, 0.3) is 0 Å². The highest BCUT2D eigenvalue weighted by molar-refractivity contribution is 7.89. The maximum absolute atomic E-state index is 13.0. The number of piperidine rings is 1. The molecule has 1 heterocycles. The third-order valence-corrected chi connectivity index (χ3v) is 6.93. The lowest BCUT2D eigenvalue weighted by molar-refractivity contribution is -0.135. The molecule has 5 nitrogen and oxygen atoms in total. The standard InChI is InChI=1S/C22H22N2O3S/c1-3-13-23(14-4-2)22(25)19-11-15-24(16-12-19)28(26,27)21-10-9-18-7-5-6-8-20(18)17-21/h1-2,5-10,17,19H,11-16H2. The van der Waals surface area contributed by atoms with E-state index in [4.69, 9.17) is 12.8 Å². The lowest BCUT2D eigenvalue weighted by atomic mass is 9.96. The Morgan fingerprint density at radius 3 is 2.25 bits per heavy atom. The molecule has 2 aromatic rings. The van der Waals surface area contributed by atoms with Crippen LogP contribution in [0.2, 0.25) is 0 Å². The molecule has 6 heteroatoms. The van der Waals surface area contributed by atoms with E-state index in [1.54, 1.807) is 12.1 Å². The number of amides is 1. The Balaban J connectivity index is 1.72. The van der Waals surface area contributed by atoms with Crippen LogP contribution in [-0.2, 0) is 14.8 Å². The molecule has 2 aromatic carbocycles. The van der Waals surface area contributed by atoms with Gasteiger partial charge < -0.3 is 4.90 Å². The first-order valence-electron chi connectivity index (χ1n) is 9.12. The maximum atomic E-state index is 13.0. The van der Waals surface area contributed by atoms with E-state index in [9.17, 15) is 13.2 Å². The molecule has 1 aliphatic rings. The van der Waals surface area contributed by atoms with Crippen molar-refractivity contribution >= 4 is 26.7 Å². The molecule has 0 spiro atoms. The van der Waals surface area contributed by atoms with Gasteiger partial charge in [-0.2, -0.15) is 4.31 Å². The first kappa shape index (κ1) is 19.9. The van der Waals surface area contributed by atoms with Gasteiger partial charge in [0.05, 0.1) is 18.0 Å². The molecule has 0 aromatic heterocycles. The monoisotopic (exact) mass is 394 g/mol. The van der Waals surface area contributed by atoms with Crippen LogP contribution in [0.15, 0.2) is 47.4 Å². The van der Waals surface area contributed by atoms with Gasteiger partial charge in [0, 0.05) is 19.0 Å². The average molecular weight is 394 g/mol. The zero-order valence-electron chi connectivity index (χ0n) is 15.5. The summed E-state index contributed by atoms with van der Waals surface area (Å²) in [6, 6.07) is 12.8. The van der Waals surface area contributed by atoms with Gasteiger partial charge in [-0.15, -0.1) is 12.8 Å². The summed E-state index contributed by atoms with van der Waals surface area (Å²) >= 11 is 0. The number of benzene rings is 2. The summed E-state index contributed by atoms with van der Waals surface area (Å²) in [6.07, 6.45) is 11.5. The summed E-state index contributed by atoms with van der Waals surface area (Å²) in [5.74, 6) is 4.53. The Bertz CT molecular complexity index is 1040. The van der Waals surface area contributed by atoms with Crippen LogP contribution < -0.4 is 0 Å². The second kappa shape index (κ2) is 8.48. The van der Waals surface area contributed by atoms with E-state index >= 15 is 0 Å². The molecule has 1 aliphatic heterocycles. The van der Waals surface area contributed by atoms with E-state index in [0.29, 0.717) is 25.9 Å². The fourth-order valence-electron chi connectivity index (χ4n) is 3.51. The number of hydrogen-bond donors (Lipinski definition) is 0. The number of fused-ring (bicyclic) bond motifs is 1. The Hall–Kier alpha value is -2.80. The lowest BCUT2D eigenvalue weighted by Gasteiger charge is -2.32. The van der Waals surface area contributed by atoms with Crippen LogP contribution in [0.4, 0.5) is 0 Å². The van der Waals surface area contributed by atoms with Crippen molar-refractivity contribution in [3.8, 4) is 24.7 Å². The summed E-state index contributed by atoms with van der Waals surface area (Å²) in [6.45, 7) is 0.925.